The molecule has 5 rings (SSSR count). The number of fused-ring (bicyclic) bond motifs is 2. The number of carbonyl (C=O) groups excluding carboxylic acids is 1. The Morgan fingerprint density at radius 1 is 1.03 bits per heavy atom. The van der Waals surface area contributed by atoms with Crippen LogP contribution in [0.1, 0.15) is 38.9 Å². The molecule has 178 valence electrons. The van der Waals surface area contributed by atoms with E-state index in [-0.39, 0.29) is 34.8 Å². The average Bonchev–Trinajstić information content (AvgIpc) is 3.13. The molecule has 3 aromatic carbocycles. The fourth-order valence-electron chi connectivity index (χ4n) is 4.44. The molecule has 0 unspecified atom stereocenters. The minimum atomic E-state index is -0.755. The average molecular weight is 492 g/mol. The van der Waals surface area contributed by atoms with E-state index >= 15 is 0 Å². The molecule has 0 saturated heterocycles. The lowest BCUT2D eigenvalue weighted by atomic mass is 9.97. The highest BCUT2D eigenvalue weighted by atomic mass is 35.5. The highest BCUT2D eigenvalue weighted by molar-refractivity contribution is 6.32. The van der Waals surface area contributed by atoms with Gasteiger partial charge in [0.2, 0.25) is 5.76 Å². The van der Waals surface area contributed by atoms with E-state index in [0.717, 1.165) is 11.1 Å². The van der Waals surface area contributed by atoms with E-state index in [4.69, 9.17) is 25.5 Å². The standard InChI is InChI=1S/C27H22ClNO6/c1-14-10-21-18(12-19(14)28)25(31)23-24(16-6-9-20(30)22(11-16)34-3)29(27(32)26(23)35-21)13-15-4-7-17(33-2)8-5-15/h4-12,24,30H,13H2,1-3H3/t24-/m1/s1. The number of aryl methyl sites for hydroxylation is 1. The van der Waals surface area contributed by atoms with Gasteiger partial charge in [-0.25, -0.2) is 0 Å². The quantitative estimate of drug-likeness (QED) is 0.411. The largest absolute Gasteiger partial charge is 0.504 e. The van der Waals surface area contributed by atoms with Gasteiger partial charge in [0, 0.05) is 11.6 Å². The van der Waals surface area contributed by atoms with Crippen molar-refractivity contribution in [3.05, 3.63) is 97.9 Å². The highest BCUT2D eigenvalue weighted by Gasteiger charge is 2.43. The molecule has 35 heavy (non-hydrogen) atoms. The van der Waals surface area contributed by atoms with Gasteiger partial charge in [0.1, 0.15) is 11.3 Å². The van der Waals surface area contributed by atoms with E-state index in [2.05, 4.69) is 0 Å². The Balaban J connectivity index is 1.72. The summed E-state index contributed by atoms with van der Waals surface area (Å²) >= 11 is 6.30. The molecule has 0 fully saturated rings. The fourth-order valence-corrected chi connectivity index (χ4v) is 4.61. The SMILES string of the molecule is COc1ccc(CN2C(=O)c3oc4cc(C)c(Cl)cc4c(=O)c3[C@H]2c2ccc(O)c(OC)c2)cc1. The van der Waals surface area contributed by atoms with Crippen molar-refractivity contribution < 1.29 is 23.8 Å². The minimum Gasteiger partial charge on any atom is -0.504 e. The summed E-state index contributed by atoms with van der Waals surface area (Å²) in [6, 6.07) is 14.6. The van der Waals surface area contributed by atoms with E-state index in [0.29, 0.717) is 27.3 Å². The summed E-state index contributed by atoms with van der Waals surface area (Å²) in [4.78, 5) is 28.9. The first-order valence-electron chi connectivity index (χ1n) is 10.9. The Hall–Kier alpha value is -3.97. The summed E-state index contributed by atoms with van der Waals surface area (Å²) in [6.07, 6.45) is 0. The van der Waals surface area contributed by atoms with Gasteiger partial charge in [0.25, 0.3) is 5.91 Å². The van der Waals surface area contributed by atoms with Crippen molar-refractivity contribution in [2.45, 2.75) is 19.5 Å². The van der Waals surface area contributed by atoms with Crippen LogP contribution < -0.4 is 14.9 Å². The summed E-state index contributed by atoms with van der Waals surface area (Å²) in [5.74, 6) is 0.473. The normalized spacial score (nSPS) is 14.9. The first kappa shape index (κ1) is 22.8. The van der Waals surface area contributed by atoms with Gasteiger partial charge in [-0.05, 0) is 60.0 Å². The van der Waals surface area contributed by atoms with Crippen LogP contribution in [0.5, 0.6) is 17.2 Å². The molecule has 0 spiro atoms. The number of hydrogen-bond donors (Lipinski definition) is 1. The van der Waals surface area contributed by atoms with Crippen LogP contribution in [-0.4, -0.2) is 30.1 Å². The molecule has 1 N–H and O–H groups in total. The van der Waals surface area contributed by atoms with Crippen LogP contribution >= 0.6 is 11.6 Å². The molecule has 1 atom stereocenters. The number of nitrogens with zero attached hydrogens (tertiary/aromatic N) is 1. The zero-order chi connectivity index (χ0) is 24.9. The van der Waals surface area contributed by atoms with Gasteiger partial charge in [-0.15, -0.1) is 0 Å². The molecule has 2 heterocycles. The number of rotatable bonds is 5. The Kier molecular flexibility index (Phi) is 5.65. The second-order valence-electron chi connectivity index (χ2n) is 8.39. The lowest BCUT2D eigenvalue weighted by Crippen LogP contribution is -2.29. The van der Waals surface area contributed by atoms with Crippen LogP contribution in [-0.2, 0) is 6.54 Å². The first-order chi connectivity index (χ1) is 16.8. The predicted octanol–water partition coefficient (Wildman–Crippen LogP) is 5.22. The Labute approximate surface area is 206 Å². The second kappa shape index (κ2) is 8.67. The molecule has 7 nitrogen and oxygen atoms in total. The maximum Gasteiger partial charge on any atom is 0.291 e. The number of hydrogen-bond acceptors (Lipinski definition) is 6. The summed E-state index contributed by atoms with van der Waals surface area (Å²) in [5, 5.41) is 10.9. The Morgan fingerprint density at radius 2 is 1.77 bits per heavy atom. The topological polar surface area (TPSA) is 89.2 Å². The first-order valence-corrected chi connectivity index (χ1v) is 11.3. The molecule has 1 aliphatic heterocycles. The van der Waals surface area contributed by atoms with E-state index in [1.807, 2.05) is 24.3 Å². The van der Waals surface area contributed by atoms with Crippen LogP contribution in [0.3, 0.4) is 0 Å². The van der Waals surface area contributed by atoms with E-state index < -0.39 is 11.9 Å². The highest BCUT2D eigenvalue weighted by Crippen LogP contribution is 2.41. The number of phenols is 1. The number of amides is 1. The summed E-state index contributed by atoms with van der Waals surface area (Å²) in [7, 11) is 3.02. The summed E-state index contributed by atoms with van der Waals surface area (Å²) < 4.78 is 16.5. The molecule has 0 radical (unpaired) electrons. The van der Waals surface area contributed by atoms with Crippen molar-refractivity contribution in [3.8, 4) is 17.2 Å². The lowest BCUT2D eigenvalue weighted by molar-refractivity contribution is 0.0714. The number of carbonyl (C=O) groups is 1. The van der Waals surface area contributed by atoms with E-state index in [1.54, 1.807) is 43.2 Å². The number of benzene rings is 3. The van der Waals surface area contributed by atoms with Gasteiger partial charge in [-0.2, -0.15) is 0 Å². The number of ether oxygens (including phenoxy) is 2. The number of methoxy groups -OCH3 is 2. The van der Waals surface area contributed by atoms with Crippen LogP contribution in [0.2, 0.25) is 5.02 Å². The molecule has 4 aromatic rings. The zero-order valence-corrected chi connectivity index (χ0v) is 20.1. The van der Waals surface area contributed by atoms with Crippen molar-refractivity contribution in [3.63, 3.8) is 0 Å². The number of aromatic hydroxyl groups is 1. The van der Waals surface area contributed by atoms with Gasteiger partial charge >= 0.3 is 0 Å². The van der Waals surface area contributed by atoms with Crippen molar-refractivity contribution >= 4 is 28.5 Å². The van der Waals surface area contributed by atoms with Crippen molar-refractivity contribution in [1.82, 2.24) is 4.90 Å². The minimum absolute atomic E-state index is 0.00484. The van der Waals surface area contributed by atoms with Gasteiger partial charge in [0.05, 0.1) is 31.2 Å². The zero-order valence-electron chi connectivity index (χ0n) is 19.3. The molecule has 8 heteroatoms. The predicted molar refractivity (Wildman–Crippen MR) is 132 cm³/mol. The van der Waals surface area contributed by atoms with Gasteiger partial charge in [-0.1, -0.05) is 29.8 Å². The third kappa shape index (κ3) is 3.78. The summed E-state index contributed by atoms with van der Waals surface area (Å²) in [5.41, 5.74) is 2.39. The fraction of sp³-hybridized carbons (Fsp3) is 0.185. The van der Waals surface area contributed by atoms with Gasteiger partial charge in [-0.3, -0.25) is 9.59 Å². The molecular weight excluding hydrogens is 470 g/mol. The smallest absolute Gasteiger partial charge is 0.291 e. The number of halogens is 1. The molecule has 1 aliphatic rings. The molecule has 0 saturated carbocycles. The van der Waals surface area contributed by atoms with Crippen LogP contribution in [0.4, 0.5) is 0 Å². The maximum absolute atomic E-state index is 13.7. The van der Waals surface area contributed by atoms with Gasteiger partial charge < -0.3 is 23.9 Å². The van der Waals surface area contributed by atoms with Gasteiger partial charge in [0.15, 0.2) is 16.9 Å². The molecule has 0 bridgehead atoms. The lowest BCUT2D eigenvalue weighted by Gasteiger charge is -2.25. The number of phenolic OH excluding ortho intramolecular Hbond substituents is 1. The summed E-state index contributed by atoms with van der Waals surface area (Å²) in [6.45, 7) is 2.02. The van der Waals surface area contributed by atoms with Crippen molar-refractivity contribution in [2.75, 3.05) is 14.2 Å². The second-order valence-corrected chi connectivity index (χ2v) is 8.79. The maximum atomic E-state index is 13.7. The molecule has 1 aromatic heterocycles. The van der Waals surface area contributed by atoms with E-state index in [9.17, 15) is 14.7 Å². The third-order valence-electron chi connectivity index (χ3n) is 6.28. The monoisotopic (exact) mass is 491 g/mol. The van der Waals surface area contributed by atoms with E-state index in [1.165, 1.54) is 13.2 Å². The van der Waals surface area contributed by atoms with Crippen molar-refractivity contribution in [1.29, 1.82) is 0 Å². The Bertz CT molecular complexity index is 1530. The van der Waals surface area contributed by atoms with Crippen molar-refractivity contribution in [2.24, 2.45) is 0 Å². The molecule has 1 amide bonds. The van der Waals surface area contributed by atoms with Crippen LogP contribution in [0.15, 0.2) is 63.8 Å². The van der Waals surface area contributed by atoms with Crippen LogP contribution in [0, 0.1) is 6.92 Å². The van der Waals surface area contributed by atoms with Crippen LogP contribution in [0.25, 0.3) is 11.0 Å². The third-order valence-corrected chi connectivity index (χ3v) is 6.69. The molecule has 0 aliphatic carbocycles. The Morgan fingerprint density at radius 3 is 2.46 bits per heavy atom. The molecular formula is C27H22ClNO6.